The molecule has 114 valence electrons. The molecule has 1 aromatic carbocycles. The molecule has 1 aromatic rings. The lowest BCUT2D eigenvalue weighted by Crippen LogP contribution is -2.23. The Morgan fingerprint density at radius 1 is 1.15 bits per heavy atom. The Bertz CT molecular complexity index is 358. The van der Waals surface area contributed by atoms with Crippen LogP contribution in [0.15, 0.2) is 24.3 Å². The van der Waals surface area contributed by atoms with Gasteiger partial charge in [0, 0.05) is 20.2 Å². The van der Waals surface area contributed by atoms with E-state index in [-0.39, 0.29) is 0 Å². The molecule has 0 amide bonds. The lowest BCUT2D eigenvalue weighted by molar-refractivity contribution is 0.199. The van der Waals surface area contributed by atoms with Crippen LogP contribution in [0.1, 0.15) is 18.4 Å². The van der Waals surface area contributed by atoms with Crippen LogP contribution in [-0.2, 0) is 11.3 Å². The first-order valence-electron chi connectivity index (χ1n) is 7.27. The van der Waals surface area contributed by atoms with Gasteiger partial charge in [-0.15, -0.1) is 0 Å². The summed E-state index contributed by atoms with van der Waals surface area (Å²) in [4.78, 5) is 2.35. The van der Waals surface area contributed by atoms with Crippen LogP contribution in [0.2, 0.25) is 0 Å². The number of methoxy groups -OCH3 is 2. The van der Waals surface area contributed by atoms with Crippen molar-refractivity contribution in [3.05, 3.63) is 29.8 Å². The number of nitrogens with one attached hydrogen (secondary N) is 1. The summed E-state index contributed by atoms with van der Waals surface area (Å²) in [5.74, 6) is 0.929. The average Bonchev–Trinajstić information content (AvgIpc) is 2.46. The lowest BCUT2D eigenvalue weighted by atomic mass is 10.2. The summed E-state index contributed by atoms with van der Waals surface area (Å²) in [5, 5.41) is 3.36. The van der Waals surface area contributed by atoms with Gasteiger partial charge >= 0.3 is 0 Å². The van der Waals surface area contributed by atoms with Crippen molar-refractivity contribution in [1.82, 2.24) is 10.2 Å². The van der Waals surface area contributed by atoms with Gasteiger partial charge in [0.2, 0.25) is 0 Å². The number of benzene rings is 1. The van der Waals surface area contributed by atoms with Crippen LogP contribution >= 0.6 is 0 Å². The Hall–Kier alpha value is -1.10. The quantitative estimate of drug-likeness (QED) is 0.630. The van der Waals surface area contributed by atoms with Crippen molar-refractivity contribution in [1.29, 1.82) is 0 Å². The Morgan fingerprint density at radius 2 is 2.00 bits per heavy atom. The molecule has 0 unspecified atom stereocenters. The van der Waals surface area contributed by atoms with E-state index >= 15 is 0 Å². The minimum atomic E-state index is 0.787. The molecule has 0 fully saturated rings. The molecule has 0 aliphatic rings. The second-order valence-electron chi connectivity index (χ2n) is 5.04. The number of ether oxygens (including phenoxy) is 2. The van der Waals surface area contributed by atoms with Crippen LogP contribution in [0.3, 0.4) is 0 Å². The van der Waals surface area contributed by atoms with Gasteiger partial charge < -0.3 is 19.7 Å². The molecule has 0 aromatic heterocycles. The van der Waals surface area contributed by atoms with E-state index in [2.05, 4.69) is 29.4 Å². The molecular formula is C16H28N2O2. The van der Waals surface area contributed by atoms with Crippen LogP contribution < -0.4 is 10.1 Å². The normalized spacial score (nSPS) is 11.0. The van der Waals surface area contributed by atoms with Crippen molar-refractivity contribution in [2.75, 3.05) is 47.5 Å². The third kappa shape index (κ3) is 7.48. The van der Waals surface area contributed by atoms with Gasteiger partial charge in [0.15, 0.2) is 0 Å². The Labute approximate surface area is 123 Å². The van der Waals surface area contributed by atoms with Crippen LogP contribution in [0, 0.1) is 0 Å². The number of hydrogen-bond acceptors (Lipinski definition) is 4. The summed E-state index contributed by atoms with van der Waals surface area (Å²) >= 11 is 0. The topological polar surface area (TPSA) is 33.7 Å². The smallest absolute Gasteiger partial charge is 0.119 e. The SMILES string of the molecule is COCCNCCCCN(C)Cc1cccc(OC)c1. The largest absolute Gasteiger partial charge is 0.497 e. The molecule has 0 heterocycles. The lowest BCUT2D eigenvalue weighted by Gasteiger charge is -2.17. The minimum Gasteiger partial charge on any atom is -0.497 e. The first-order valence-corrected chi connectivity index (χ1v) is 7.27. The maximum absolute atomic E-state index is 5.24. The summed E-state index contributed by atoms with van der Waals surface area (Å²) in [6.45, 7) is 4.87. The van der Waals surface area contributed by atoms with Gasteiger partial charge in [-0.1, -0.05) is 12.1 Å². The standard InChI is InChI=1S/C16H28N2O2/c1-18(11-5-4-9-17-10-12-19-2)14-15-7-6-8-16(13-15)20-3/h6-8,13,17H,4-5,9-12,14H2,1-3H3. The molecule has 4 nitrogen and oxygen atoms in total. The molecule has 0 bridgehead atoms. The minimum absolute atomic E-state index is 0.787. The molecule has 1 N–H and O–H groups in total. The summed E-state index contributed by atoms with van der Waals surface area (Å²) in [7, 11) is 5.60. The molecule has 0 saturated carbocycles. The van der Waals surface area contributed by atoms with Crippen molar-refractivity contribution in [2.45, 2.75) is 19.4 Å². The van der Waals surface area contributed by atoms with Gasteiger partial charge in [-0.05, 0) is 50.7 Å². The van der Waals surface area contributed by atoms with Gasteiger partial charge in [0.1, 0.15) is 5.75 Å². The molecule has 0 saturated heterocycles. The summed E-state index contributed by atoms with van der Waals surface area (Å²) in [5.41, 5.74) is 1.30. The van der Waals surface area contributed by atoms with E-state index in [1.54, 1.807) is 14.2 Å². The zero-order valence-corrected chi connectivity index (χ0v) is 13.0. The second-order valence-corrected chi connectivity index (χ2v) is 5.04. The Kier molecular flexibility index (Phi) is 9.04. The molecule has 0 spiro atoms. The zero-order valence-electron chi connectivity index (χ0n) is 13.0. The fourth-order valence-electron chi connectivity index (χ4n) is 2.09. The van der Waals surface area contributed by atoms with Crippen LogP contribution in [0.25, 0.3) is 0 Å². The maximum atomic E-state index is 5.24. The monoisotopic (exact) mass is 280 g/mol. The van der Waals surface area contributed by atoms with Crippen LogP contribution in [0.4, 0.5) is 0 Å². The molecule has 4 heteroatoms. The molecule has 0 aliphatic carbocycles. The summed E-state index contributed by atoms with van der Waals surface area (Å²) < 4.78 is 10.2. The van der Waals surface area contributed by atoms with Crippen LogP contribution in [-0.4, -0.2) is 52.4 Å². The number of hydrogen-bond donors (Lipinski definition) is 1. The highest BCUT2D eigenvalue weighted by molar-refractivity contribution is 5.28. The van der Waals surface area contributed by atoms with E-state index in [1.165, 1.54) is 18.4 Å². The molecular weight excluding hydrogens is 252 g/mol. The van der Waals surface area contributed by atoms with Crippen molar-refractivity contribution >= 4 is 0 Å². The number of unbranched alkanes of at least 4 members (excludes halogenated alkanes) is 1. The van der Waals surface area contributed by atoms with Crippen molar-refractivity contribution in [3.8, 4) is 5.75 Å². The van der Waals surface area contributed by atoms with E-state index in [4.69, 9.17) is 9.47 Å². The number of rotatable bonds is 11. The third-order valence-electron chi connectivity index (χ3n) is 3.21. The molecule has 20 heavy (non-hydrogen) atoms. The first-order chi connectivity index (χ1) is 9.76. The van der Waals surface area contributed by atoms with E-state index in [1.807, 2.05) is 12.1 Å². The van der Waals surface area contributed by atoms with E-state index in [0.717, 1.165) is 38.5 Å². The molecule has 0 radical (unpaired) electrons. The van der Waals surface area contributed by atoms with Gasteiger partial charge in [-0.25, -0.2) is 0 Å². The highest BCUT2D eigenvalue weighted by atomic mass is 16.5. The Balaban J connectivity index is 2.12. The second kappa shape index (κ2) is 10.7. The maximum Gasteiger partial charge on any atom is 0.119 e. The van der Waals surface area contributed by atoms with E-state index in [0.29, 0.717) is 0 Å². The molecule has 1 rings (SSSR count). The first kappa shape index (κ1) is 17.0. The zero-order chi connectivity index (χ0) is 14.6. The van der Waals surface area contributed by atoms with Crippen LogP contribution in [0.5, 0.6) is 5.75 Å². The Morgan fingerprint density at radius 3 is 2.75 bits per heavy atom. The highest BCUT2D eigenvalue weighted by Crippen LogP contribution is 2.13. The van der Waals surface area contributed by atoms with Crippen molar-refractivity contribution in [2.24, 2.45) is 0 Å². The molecule has 0 aliphatic heterocycles. The van der Waals surface area contributed by atoms with Gasteiger partial charge in [-0.2, -0.15) is 0 Å². The fraction of sp³-hybridized carbons (Fsp3) is 0.625. The van der Waals surface area contributed by atoms with E-state index in [9.17, 15) is 0 Å². The average molecular weight is 280 g/mol. The molecule has 0 atom stereocenters. The number of nitrogens with zero attached hydrogens (tertiary/aromatic N) is 1. The van der Waals surface area contributed by atoms with Crippen molar-refractivity contribution < 1.29 is 9.47 Å². The van der Waals surface area contributed by atoms with Gasteiger partial charge in [0.25, 0.3) is 0 Å². The fourth-order valence-corrected chi connectivity index (χ4v) is 2.09. The van der Waals surface area contributed by atoms with Gasteiger partial charge in [-0.3, -0.25) is 0 Å². The summed E-state index contributed by atoms with van der Waals surface area (Å²) in [6, 6.07) is 8.27. The van der Waals surface area contributed by atoms with Crippen molar-refractivity contribution in [3.63, 3.8) is 0 Å². The predicted molar refractivity (Wildman–Crippen MR) is 83.3 cm³/mol. The highest BCUT2D eigenvalue weighted by Gasteiger charge is 2.01. The third-order valence-corrected chi connectivity index (χ3v) is 3.21. The van der Waals surface area contributed by atoms with Gasteiger partial charge in [0.05, 0.1) is 13.7 Å². The summed E-state index contributed by atoms with van der Waals surface area (Å²) in [6.07, 6.45) is 2.41. The predicted octanol–water partition coefficient (Wildman–Crippen LogP) is 2.14. The van der Waals surface area contributed by atoms with E-state index < -0.39 is 0 Å².